The molecule has 2 atom stereocenters. The molecule has 1 saturated heterocycles. The summed E-state index contributed by atoms with van der Waals surface area (Å²) in [4.78, 5) is 49.4. The lowest BCUT2D eigenvalue weighted by Crippen LogP contribution is -2.71. The molecular formula is C24H29N10O5S3+. The zero-order valence-corrected chi connectivity index (χ0v) is 24.7. The largest absolute Gasteiger partial charge is 0.477 e. The maximum atomic E-state index is 13.2. The number of thioether (sulfide) groups is 2. The maximum absolute atomic E-state index is 13.2. The lowest BCUT2D eigenvalue weighted by atomic mass is 10.0. The van der Waals surface area contributed by atoms with Crippen LogP contribution in [0.25, 0.3) is 5.65 Å². The third kappa shape index (κ3) is 6.07. The van der Waals surface area contributed by atoms with Crippen molar-refractivity contribution < 1.29 is 28.9 Å². The van der Waals surface area contributed by atoms with Gasteiger partial charge in [0.1, 0.15) is 47.2 Å². The van der Waals surface area contributed by atoms with Gasteiger partial charge in [-0.05, 0) is 19.0 Å². The Balaban J connectivity index is 1.33. The molecule has 0 radical (unpaired) electrons. The van der Waals surface area contributed by atoms with Gasteiger partial charge in [0.15, 0.2) is 17.0 Å². The van der Waals surface area contributed by atoms with E-state index in [1.54, 1.807) is 27.9 Å². The number of rotatable bonds is 13. The van der Waals surface area contributed by atoms with E-state index in [9.17, 15) is 19.5 Å². The number of imidazole rings is 1. The van der Waals surface area contributed by atoms with Gasteiger partial charge in [-0.3, -0.25) is 14.5 Å². The number of carboxylic acid groups (broad SMARTS) is 1. The van der Waals surface area contributed by atoms with E-state index in [0.717, 1.165) is 27.8 Å². The summed E-state index contributed by atoms with van der Waals surface area (Å²) in [7, 11) is 0. The molecule has 1 fully saturated rings. The highest BCUT2D eigenvalue weighted by atomic mass is 32.2. The number of amides is 2. The van der Waals surface area contributed by atoms with Gasteiger partial charge in [0.25, 0.3) is 11.8 Å². The first-order valence-electron chi connectivity index (χ1n) is 12.8. The summed E-state index contributed by atoms with van der Waals surface area (Å²) in [6.45, 7) is 1.37. The minimum absolute atomic E-state index is 0.0875. The number of hydrogen-bond donors (Lipinski definition) is 5. The summed E-state index contributed by atoms with van der Waals surface area (Å²) in [5.41, 5.74) is 18.1. The Kier molecular flexibility index (Phi) is 9.27. The van der Waals surface area contributed by atoms with Crippen LogP contribution in [0.1, 0.15) is 12.1 Å². The Morgan fingerprint density at radius 3 is 2.86 bits per heavy atom. The number of aromatic nitrogens is 4. The van der Waals surface area contributed by atoms with Crippen molar-refractivity contribution in [2.45, 2.75) is 29.4 Å². The van der Waals surface area contributed by atoms with Gasteiger partial charge in [0, 0.05) is 35.1 Å². The molecule has 0 spiro atoms. The van der Waals surface area contributed by atoms with Crippen LogP contribution in [0.5, 0.6) is 0 Å². The highest BCUT2D eigenvalue weighted by Crippen LogP contribution is 2.40. The van der Waals surface area contributed by atoms with Gasteiger partial charge in [-0.1, -0.05) is 10.3 Å². The highest BCUT2D eigenvalue weighted by molar-refractivity contribution is 8.00. The molecule has 5 rings (SSSR count). The van der Waals surface area contributed by atoms with Crippen LogP contribution in [0.3, 0.4) is 0 Å². The van der Waals surface area contributed by atoms with Gasteiger partial charge in [-0.15, -0.1) is 39.4 Å². The van der Waals surface area contributed by atoms with E-state index in [0.29, 0.717) is 30.8 Å². The molecule has 2 amide bonds. The Hall–Kier alpha value is -3.71. The number of aliphatic carboxylic acids is 1. The maximum Gasteiger partial charge on any atom is 0.352 e. The van der Waals surface area contributed by atoms with E-state index in [4.69, 9.17) is 22.0 Å². The standard InChI is InChI=1S/C24H28N10O5S3/c25-4-1-8-39-31-17(14-12-42-24(27)28-14)20(35)29-18-21(36)34-19(23(37)38)13(11-41-22(18)34)10-32-6-7-33-16(32)3-2-15(30-33)40-9-5-26/h2-3,6-7,12,18,22H,1,4-5,8-11,25-26H2,(H3-,27,28,29,35,37,38)/p+1/b31-17-/t18-,22-/m1/s1. The predicted octanol–water partition coefficient (Wildman–Crippen LogP) is -0.780. The van der Waals surface area contributed by atoms with Crippen molar-refractivity contribution >= 4 is 69.1 Å². The zero-order valence-electron chi connectivity index (χ0n) is 22.2. The van der Waals surface area contributed by atoms with E-state index in [-0.39, 0.29) is 35.4 Å². The topological polar surface area (TPSA) is 220 Å². The second-order valence-electron chi connectivity index (χ2n) is 9.14. The average Bonchev–Trinajstić information content (AvgIpc) is 3.59. The number of nitrogens with zero attached hydrogens (tertiary/aromatic N) is 6. The first-order chi connectivity index (χ1) is 20.3. The molecule has 0 saturated carbocycles. The fraction of sp³-hybridized carbons (Fsp3) is 0.375. The molecule has 15 nitrogen and oxygen atoms in total. The van der Waals surface area contributed by atoms with Crippen molar-refractivity contribution in [3.8, 4) is 0 Å². The second kappa shape index (κ2) is 13.1. The summed E-state index contributed by atoms with van der Waals surface area (Å²) in [6, 6.07) is 2.83. The van der Waals surface area contributed by atoms with Crippen LogP contribution in [0.15, 0.2) is 51.4 Å². The van der Waals surface area contributed by atoms with Gasteiger partial charge < -0.3 is 32.5 Å². The number of carbonyl (C=O) groups excluding carboxylic acids is 2. The number of oxime groups is 1. The van der Waals surface area contributed by atoms with E-state index in [1.807, 2.05) is 22.9 Å². The van der Waals surface area contributed by atoms with Gasteiger partial charge >= 0.3 is 11.6 Å². The summed E-state index contributed by atoms with van der Waals surface area (Å²) in [5, 5.41) is 23.3. The van der Waals surface area contributed by atoms with E-state index >= 15 is 0 Å². The van der Waals surface area contributed by atoms with Crippen molar-refractivity contribution in [1.82, 2.24) is 24.8 Å². The van der Waals surface area contributed by atoms with Gasteiger partial charge in [0.2, 0.25) is 0 Å². The first-order valence-corrected chi connectivity index (χ1v) is 15.8. The Morgan fingerprint density at radius 2 is 2.14 bits per heavy atom. The normalized spacial score (nSPS) is 18.7. The van der Waals surface area contributed by atoms with Crippen molar-refractivity contribution in [3.05, 3.63) is 46.9 Å². The highest BCUT2D eigenvalue weighted by Gasteiger charge is 2.54. The number of anilines is 1. The number of hydrogen-bond acceptors (Lipinski definition) is 13. The number of β-lactam (4-membered cyclic amide) rings is 1. The number of carboxylic acids is 1. The molecule has 8 N–H and O–H groups in total. The Morgan fingerprint density at radius 1 is 1.31 bits per heavy atom. The number of nitrogen functional groups attached to an aromatic ring is 1. The SMILES string of the molecule is NCCCO/N=C(\C(=O)N[C@@H]1C(=O)N2C(C(=O)O)=C(C[n+]3ccn4nc(SCCN)ccc43)CS[C@H]12)c1csc(N)n1. The molecule has 2 aliphatic rings. The van der Waals surface area contributed by atoms with Crippen molar-refractivity contribution in [1.29, 1.82) is 0 Å². The van der Waals surface area contributed by atoms with Crippen LogP contribution in [0.2, 0.25) is 0 Å². The number of nitrogens with one attached hydrogen (secondary N) is 1. The molecule has 222 valence electrons. The Labute approximate surface area is 252 Å². The molecule has 0 aromatic carbocycles. The van der Waals surface area contributed by atoms with Crippen molar-refractivity contribution in [2.24, 2.45) is 16.6 Å². The number of carbonyl (C=O) groups is 3. The predicted molar refractivity (Wildman–Crippen MR) is 158 cm³/mol. The second-order valence-corrected chi connectivity index (χ2v) is 12.3. The van der Waals surface area contributed by atoms with E-state index < -0.39 is 29.2 Å². The van der Waals surface area contributed by atoms with Gasteiger partial charge in [-0.25, -0.2) is 14.3 Å². The minimum Gasteiger partial charge on any atom is -0.477 e. The van der Waals surface area contributed by atoms with Crippen molar-refractivity contribution in [3.63, 3.8) is 0 Å². The zero-order chi connectivity index (χ0) is 29.8. The molecule has 2 aliphatic heterocycles. The molecule has 3 aromatic rings. The molecule has 0 unspecified atom stereocenters. The molecular weight excluding hydrogens is 605 g/mol. The van der Waals surface area contributed by atoms with Crippen LogP contribution >= 0.6 is 34.9 Å². The third-order valence-corrected chi connectivity index (χ3v) is 9.31. The number of fused-ring (bicyclic) bond motifs is 2. The molecule has 5 heterocycles. The number of thiazole rings is 1. The summed E-state index contributed by atoms with van der Waals surface area (Å²) >= 11 is 4.04. The van der Waals surface area contributed by atoms with Crippen LogP contribution in [0, 0.1) is 0 Å². The van der Waals surface area contributed by atoms with Gasteiger partial charge in [0.05, 0.1) is 0 Å². The van der Waals surface area contributed by atoms with E-state index in [2.05, 4.69) is 20.6 Å². The van der Waals surface area contributed by atoms with E-state index in [1.165, 1.54) is 16.7 Å². The van der Waals surface area contributed by atoms with Gasteiger partial charge in [-0.2, -0.15) is 0 Å². The summed E-state index contributed by atoms with van der Waals surface area (Å²) < 4.78 is 3.59. The fourth-order valence-corrected chi connectivity index (χ4v) is 6.94. The average molecular weight is 634 g/mol. The quantitative estimate of drug-likeness (QED) is 0.0391. The fourth-order valence-electron chi connectivity index (χ4n) is 4.42. The van der Waals surface area contributed by atoms with Crippen LogP contribution in [-0.4, -0.2) is 90.7 Å². The van der Waals surface area contributed by atoms with Crippen LogP contribution in [-0.2, 0) is 25.8 Å². The third-order valence-electron chi connectivity index (χ3n) is 6.34. The van der Waals surface area contributed by atoms with Crippen LogP contribution < -0.4 is 27.1 Å². The van der Waals surface area contributed by atoms with Crippen LogP contribution in [0.4, 0.5) is 5.13 Å². The molecule has 0 bridgehead atoms. The number of nitrogens with two attached hydrogens (primary N) is 3. The monoisotopic (exact) mass is 633 g/mol. The molecule has 0 aliphatic carbocycles. The molecule has 18 heteroatoms. The molecule has 3 aromatic heterocycles. The summed E-state index contributed by atoms with van der Waals surface area (Å²) in [5.74, 6) is -1.35. The minimum atomic E-state index is -1.22. The summed E-state index contributed by atoms with van der Waals surface area (Å²) in [6.07, 6.45) is 4.13. The first kappa shape index (κ1) is 29.8. The smallest absolute Gasteiger partial charge is 0.352 e. The lowest BCUT2D eigenvalue weighted by Gasteiger charge is -2.49. The Bertz CT molecular complexity index is 1570. The van der Waals surface area contributed by atoms with Crippen molar-refractivity contribution in [2.75, 3.05) is 36.9 Å². The molecule has 42 heavy (non-hydrogen) atoms. The lowest BCUT2D eigenvalue weighted by molar-refractivity contribution is -0.662.